The van der Waals surface area contributed by atoms with Crippen molar-refractivity contribution in [1.29, 1.82) is 0 Å². The van der Waals surface area contributed by atoms with Gasteiger partial charge in [-0.1, -0.05) is 35.3 Å². The molecule has 0 aliphatic heterocycles. The molecule has 0 spiro atoms. The van der Waals surface area contributed by atoms with Gasteiger partial charge in [0, 0.05) is 12.6 Å². The lowest BCUT2D eigenvalue weighted by Gasteiger charge is -2.46. The molecule has 0 bridgehead atoms. The van der Waals surface area contributed by atoms with Crippen molar-refractivity contribution in [3.63, 3.8) is 0 Å². The van der Waals surface area contributed by atoms with Crippen molar-refractivity contribution in [1.82, 2.24) is 10.2 Å². The fraction of sp³-hybridized carbons (Fsp3) is 0.586. The van der Waals surface area contributed by atoms with Gasteiger partial charge in [0.15, 0.2) is 11.5 Å². The van der Waals surface area contributed by atoms with Crippen LogP contribution in [0.25, 0.3) is 0 Å². The Bertz CT molecular complexity index is 1020. The van der Waals surface area contributed by atoms with E-state index in [-0.39, 0.29) is 17.4 Å². The van der Waals surface area contributed by atoms with E-state index in [1.807, 2.05) is 24.3 Å². The van der Waals surface area contributed by atoms with Crippen LogP contribution < -0.4 is 5.32 Å². The Morgan fingerprint density at radius 3 is 2.44 bits per heavy atom. The van der Waals surface area contributed by atoms with Crippen LogP contribution in [0.2, 0.25) is 10.0 Å². The summed E-state index contributed by atoms with van der Waals surface area (Å²) in [5.41, 5.74) is 1.39. The van der Waals surface area contributed by atoms with Gasteiger partial charge in [0.05, 0.1) is 15.6 Å². The molecule has 0 radical (unpaired) electrons. The van der Waals surface area contributed by atoms with Gasteiger partial charge in [-0.3, -0.25) is 0 Å². The standard InChI is InChI=1S/C29H40Cl2N2O3/c1-33(15-11-21-4-6-25(30)26(31)16-21)24-9-13-29(36,12-8-20-5-7-27(34)28(35)17-20)23(18-24)10-14-32-19-22-2-3-22/h4-7,16-17,22-24,32,34-36H,2-3,8-15,18-19H2,1H3. The number of phenolic OH excluding ortho intramolecular Hbond substituents is 2. The van der Waals surface area contributed by atoms with Crippen LogP contribution in [0.3, 0.4) is 0 Å². The maximum Gasteiger partial charge on any atom is 0.157 e. The third-order valence-corrected chi connectivity index (χ3v) is 9.01. The van der Waals surface area contributed by atoms with Crippen LogP contribution in [0.15, 0.2) is 36.4 Å². The van der Waals surface area contributed by atoms with Crippen LogP contribution in [0.5, 0.6) is 11.5 Å². The monoisotopic (exact) mass is 534 g/mol. The molecule has 4 rings (SSSR count). The van der Waals surface area contributed by atoms with E-state index in [1.54, 1.807) is 6.07 Å². The largest absolute Gasteiger partial charge is 0.504 e. The van der Waals surface area contributed by atoms with Crippen molar-refractivity contribution in [2.45, 2.75) is 69.4 Å². The van der Waals surface area contributed by atoms with E-state index in [0.717, 1.165) is 63.2 Å². The zero-order valence-corrected chi connectivity index (χ0v) is 22.7. The summed E-state index contributed by atoms with van der Waals surface area (Å²) in [4.78, 5) is 2.44. The fourth-order valence-electron chi connectivity index (χ4n) is 5.58. The summed E-state index contributed by atoms with van der Waals surface area (Å²) < 4.78 is 0. The van der Waals surface area contributed by atoms with Gasteiger partial charge >= 0.3 is 0 Å². The first-order chi connectivity index (χ1) is 17.2. The van der Waals surface area contributed by atoms with E-state index in [0.29, 0.717) is 28.9 Å². The third-order valence-electron chi connectivity index (χ3n) is 8.27. The summed E-state index contributed by atoms with van der Waals surface area (Å²) in [6, 6.07) is 11.2. The summed E-state index contributed by atoms with van der Waals surface area (Å²) in [6.45, 7) is 2.95. The number of aliphatic hydroxyl groups is 1. The van der Waals surface area contributed by atoms with Gasteiger partial charge in [-0.05, 0) is 125 Å². The van der Waals surface area contributed by atoms with Gasteiger partial charge in [-0.2, -0.15) is 0 Å². The summed E-state index contributed by atoms with van der Waals surface area (Å²) >= 11 is 12.3. The summed E-state index contributed by atoms with van der Waals surface area (Å²) in [5, 5.41) is 36.1. The number of likely N-dealkylation sites (N-methyl/N-ethyl adjacent to an activating group) is 1. The molecule has 3 atom stereocenters. The van der Waals surface area contributed by atoms with Crippen LogP contribution in [0.1, 0.15) is 56.1 Å². The van der Waals surface area contributed by atoms with Gasteiger partial charge in [-0.25, -0.2) is 0 Å². The maximum absolute atomic E-state index is 11.8. The zero-order valence-electron chi connectivity index (χ0n) is 21.2. The SMILES string of the molecule is CN(CCc1ccc(Cl)c(Cl)c1)C1CCC(O)(CCc2ccc(O)c(O)c2)C(CCNCC2CC2)C1. The summed E-state index contributed by atoms with van der Waals surface area (Å²) in [7, 11) is 2.19. The number of nitrogens with one attached hydrogen (secondary N) is 1. The second-order valence-corrected chi connectivity index (χ2v) is 11.8. The summed E-state index contributed by atoms with van der Waals surface area (Å²) in [5.74, 6) is 0.841. The molecule has 0 amide bonds. The molecule has 5 nitrogen and oxygen atoms in total. The molecule has 4 N–H and O–H groups in total. The van der Waals surface area contributed by atoms with Crippen molar-refractivity contribution in [2.75, 3.05) is 26.7 Å². The highest BCUT2D eigenvalue weighted by Gasteiger charge is 2.42. The van der Waals surface area contributed by atoms with Crippen molar-refractivity contribution in [2.24, 2.45) is 11.8 Å². The molecule has 7 heteroatoms. The van der Waals surface area contributed by atoms with Gasteiger partial charge in [0.25, 0.3) is 0 Å². The normalized spacial score (nSPS) is 24.4. The van der Waals surface area contributed by atoms with Gasteiger partial charge < -0.3 is 25.5 Å². The number of halogens is 2. The molecular formula is C29H40Cl2N2O3. The van der Waals surface area contributed by atoms with Gasteiger partial charge in [-0.15, -0.1) is 0 Å². The maximum atomic E-state index is 11.8. The smallest absolute Gasteiger partial charge is 0.157 e. The highest BCUT2D eigenvalue weighted by molar-refractivity contribution is 6.42. The average molecular weight is 536 g/mol. The molecular weight excluding hydrogens is 495 g/mol. The second kappa shape index (κ2) is 12.4. The Morgan fingerprint density at radius 1 is 0.972 bits per heavy atom. The molecule has 2 aromatic rings. The number of hydrogen-bond acceptors (Lipinski definition) is 5. The van der Waals surface area contributed by atoms with Gasteiger partial charge in [0.2, 0.25) is 0 Å². The Morgan fingerprint density at radius 2 is 1.72 bits per heavy atom. The molecule has 2 saturated carbocycles. The molecule has 3 unspecified atom stereocenters. The minimum Gasteiger partial charge on any atom is -0.504 e. The Balaban J connectivity index is 1.36. The Labute approximate surface area is 225 Å². The number of phenols is 2. The molecule has 0 saturated heterocycles. The predicted molar refractivity (Wildman–Crippen MR) is 147 cm³/mol. The van der Waals surface area contributed by atoms with E-state index in [4.69, 9.17) is 23.2 Å². The van der Waals surface area contributed by atoms with Crippen molar-refractivity contribution < 1.29 is 15.3 Å². The first-order valence-corrected chi connectivity index (χ1v) is 14.1. The zero-order chi connectivity index (χ0) is 25.7. The molecule has 198 valence electrons. The van der Waals surface area contributed by atoms with E-state index in [2.05, 4.69) is 17.3 Å². The molecule has 2 aliphatic carbocycles. The molecule has 0 heterocycles. The topological polar surface area (TPSA) is 76.0 Å². The molecule has 0 aromatic heterocycles. The van der Waals surface area contributed by atoms with Crippen LogP contribution in [0, 0.1) is 11.8 Å². The fourth-order valence-corrected chi connectivity index (χ4v) is 5.90. The number of aryl methyl sites for hydroxylation is 1. The minimum absolute atomic E-state index is 0.104. The molecule has 2 fully saturated rings. The van der Waals surface area contributed by atoms with Crippen molar-refractivity contribution in [3.8, 4) is 11.5 Å². The average Bonchev–Trinajstić information content (AvgIpc) is 3.69. The number of aromatic hydroxyl groups is 2. The number of hydrogen-bond donors (Lipinski definition) is 4. The quantitative estimate of drug-likeness (QED) is 0.204. The summed E-state index contributed by atoms with van der Waals surface area (Å²) in [6.07, 6.45) is 8.58. The number of benzene rings is 2. The molecule has 2 aliphatic rings. The van der Waals surface area contributed by atoms with Crippen LogP contribution in [-0.4, -0.2) is 58.5 Å². The lowest BCUT2D eigenvalue weighted by atomic mass is 9.69. The Hall–Kier alpha value is -1.50. The highest BCUT2D eigenvalue weighted by atomic mass is 35.5. The molecule has 36 heavy (non-hydrogen) atoms. The van der Waals surface area contributed by atoms with Crippen LogP contribution in [0.4, 0.5) is 0 Å². The van der Waals surface area contributed by atoms with E-state index in [1.165, 1.54) is 24.5 Å². The van der Waals surface area contributed by atoms with E-state index < -0.39 is 5.60 Å². The lowest BCUT2D eigenvalue weighted by Crippen LogP contribution is -2.49. The van der Waals surface area contributed by atoms with E-state index in [9.17, 15) is 15.3 Å². The first-order valence-electron chi connectivity index (χ1n) is 13.3. The van der Waals surface area contributed by atoms with Crippen LogP contribution >= 0.6 is 23.2 Å². The van der Waals surface area contributed by atoms with E-state index >= 15 is 0 Å². The van der Waals surface area contributed by atoms with Crippen molar-refractivity contribution >= 4 is 23.2 Å². The number of nitrogens with zero attached hydrogens (tertiary/aromatic N) is 1. The number of rotatable bonds is 12. The van der Waals surface area contributed by atoms with Crippen molar-refractivity contribution in [3.05, 3.63) is 57.6 Å². The minimum atomic E-state index is -0.726. The first kappa shape index (κ1) is 27.5. The lowest BCUT2D eigenvalue weighted by molar-refractivity contribution is -0.0756. The van der Waals surface area contributed by atoms with Gasteiger partial charge in [0.1, 0.15) is 0 Å². The third kappa shape index (κ3) is 7.52. The predicted octanol–water partition coefficient (Wildman–Crippen LogP) is 5.80. The highest BCUT2D eigenvalue weighted by Crippen LogP contribution is 2.41. The van der Waals surface area contributed by atoms with Crippen LogP contribution in [-0.2, 0) is 12.8 Å². The second-order valence-electron chi connectivity index (χ2n) is 11.0. The molecule has 2 aromatic carbocycles. The Kier molecular flexibility index (Phi) is 9.45.